The lowest BCUT2D eigenvalue weighted by molar-refractivity contribution is 0.00682. The summed E-state index contributed by atoms with van der Waals surface area (Å²) in [7, 11) is 0. The molecule has 2 aromatic heterocycles. The van der Waals surface area contributed by atoms with Crippen molar-refractivity contribution >= 4 is 46.6 Å². The molecule has 1 aliphatic rings. The van der Waals surface area contributed by atoms with E-state index in [1.165, 1.54) is 22.8 Å². The Hall–Kier alpha value is -5.69. The lowest BCUT2D eigenvalue weighted by Gasteiger charge is -2.21. The first-order chi connectivity index (χ1) is 24.2. The van der Waals surface area contributed by atoms with Crippen molar-refractivity contribution in [1.82, 2.24) is 25.2 Å². The van der Waals surface area contributed by atoms with Crippen molar-refractivity contribution in [3.8, 4) is 0 Å². The summed E-state index contributed by atoms with van der Waals surface area (Å²) in [5.74, 6) is -4.49. The molecule has 0 saturated heterocycles. The van der Waals surface area contributed by atoms with Crippen LogP contribution in [0, 0.1) is 18.6 Å². The molecule has 3 aromatic carbocycles. The molecule has 1 atom stereocenters. The fraction of sp³-hybridized carbons (Fsp3) is 0.243. The Morgan fingerprint density at radius 1 is 0.961 bits per heavy atom. The van der Waals surface area contributed by atoms with E-state index in [0.29, 0.717) is 29.1 Å². The van der Waals surface area contributed by atoms with Crippen LogP contribution in [0.2, 0.25) is 5.02 Å². The van der Waals surface area contributed by atoms with Crippen molar-refractivity contribution in [1.29, 1.82) is 0 Å². The zero-order valence-electron chi connectivity index (χ0n) is 28.1. The monoisotopic (exact) mass is 714 g/mol. The first-order valence-corrected chi connectivity index (χ1v) is 16.4. The molecule has 1 aliphatic carbocycles. The van der Waals surface area contributed by atoms with Crippen LogP contribution in [0.25, 0.3) is 5.65 Å². The van der Waals surface area contributed by atoms with E-state index in [0.717, 1.165) is 28.8 Å². The fourth-order valence-corrected chi connectivity index (χ4v) is 6.10. The molecule has 0 aliphatic heterocycles. The van der Waals surface area contributed by atoms with E-state index in [-0.39, 0.29) is 34.7 Å². The Labute approximate surface area is 296 Å². The minimum atomic E-state index is -1.07. The van der Waals surface area contributed by atoms with Crippen LogP contribution in [0.15, 0.2) is 66.9 Å². The maximum atomic E-state index is 14.0. The van der Waals surface area contributed by atoms with Crippen LogP contribution < -0.4 is 16.0 Å². The lowest BCUT2D eigenvalue weighted by atomic mass is 9.97. The van der Waals surface area contributed by atoms with Gasteiger partial charge in [0.2, 0.25) is 0 Å². The zero-order chi connectivity index (χ0) is 36.6. The highest BCUT2D eigenvalue weighted by atomic mass is 35.5. The molecule has 51 heavy (non-hydrogen) atoms. The van der Waals surface area contributed by atoms with Gasteiger partial charge in [-0.05, 0) is 99.2 Å². The van der Waals surface area contributed by atoms with Gasteiger partial charge in [0.25, 0.3) is 17.7 Å². The van der Waals surface area contributed by atoms with E-state index in [2.05, 4.69) is 26.0 Å². The minimum Gasteiger partial charge on any atom is -0.456 e. The molecule has 262 valence electrons. The second-order valence-electron chi connectivity index (χ2n) is 13.1. The number of nitrogens with one attached hydrogen (secondary N) is 3. The molecule has 3 N–H and O–H groups in total. The summed E-state index contributed by atoms with van der Waals surface area (Å²) in [6, 6.07) is 14.0. The minimum absolute atomic E-state index is 0.0317. The molecular weight excluding hydrogens is 682 g/mol. The summed E-state index contributed by atoms with van der Waals surface area (Å²) < 4.78 is 34.0. The maximum absolute atomic E-state index is 14.0. The Kier molecular flexibility index (Phi) is 9.58. The molecule has 11 nitrogen and oxygen atoms in total. The maximum Gasteiger partial charge on any atom is 0.338 e. The molecule has 0 fully saturated rings. The van der Waals surface area contributed by atoms with Crippen LogP contribution in [-0.2, 0) is 17.7 Å². The first kappa shape index (κ1) is 35.1. The number of hydrogen-bond donors (Lipinski definition) is 3. The number of ether oxygens (including phenoxy) is 1. The SMILES string of the molecule is Cc1c(C(=O)OC(C)(C)C)ccc2c1CC[C@@H]2NC(=O)c1cc(C(=O)NCc2ccc(F)c(F)c2)nc2c(C(=O)Nc3cccc(Cl)c3)cnn12. The van der Waals surface area contributed by atoms with Gasteiger partial charge in [-0.15, -0.1) is 0 Å². The first-order valence-electron chi connectivity index (χ1n) is 16.0. The number of carbonyl (C=O) groups excluding carboxylic acids is 4. The largest absolute Gasteiger partial charge is 0.456 e. The van der Waals surface area contributed by atoms with Gasteiger partial charge in [0.15, 0.2) is 17.3 Å². The number of anilines is 1. The van der Waals surface area contributed by atoms with Crippen LogP contribution in [0.4, 0.5) is 14.5 Å². The van der Waals surface area contributed by atoms with Gasteiger partial charge in [-0.25, -0.2) is 23.1 Å². The van der Waals surface area contributed by atoms with Gasteiger partial charge in [-0.1, -0.05) is 29.8 Å². The second-order valence-corrected chi connectivity index (χ2v) is 13.5. The Balaban J connectivity index is 1.31. The average Bonchev–Trinajstić information content (AvgIpc) is 3.69. The number of fused-ring (bicyclic) bond motifs is 2. The number of amides is 3. The van der Waals surface area contributed by atoms with E-state index >= 15 is 0 Å². The molecule has 0 bridgehead atoms. The number of aromatic nitrogens is 3. The van der Waals surface area contributed by atoms with Gasteiger partial charge in [0, 0.05) is 23.3 Å². The van der Waals surface area contributed by atoms with E-state index in [1.807, 2.05) is 6.92 Å². The normalized spacial score (nSPS) is 13.8. The number of halogens is 3. The number of benzene rings is 3. The van der Waals surface area contributed by atoms with Gasteiger partial charge >= 0.3 is 5.97 Å². The number of hydrogen-bond acceptors (Lipinski definition) is 7. The summed E-state index contributed by atoms with van der Waals surface area (Å²) in [5.41, 5.74) is 2.59. The molecule has 6 rings (SSSR count). The van der Waals surface area contributed by atoms with Crippen LogP contribution in [0.3, 0.4) is 0 Å². The Morgan fingerprint density at radius 2 is 1.75 bits per heavy atom. The van der Waals surface area contributed by atoms with Gasteiger partial charge < -0.3 is 20.7 Å². The van der Waals surface area contributed by atoms with Crippen LogP contribution in [-0.4, -0.2) is 43.9 Å². The predicted molar refractivity (Wildman–Crippen MR) is 185 cm³/mol. The Morgan fingerprint density at radius 3 is 2.47 bits per heavy atom. The molecule has 3 amide bonds. The third-order valence-electron chi connectivity index (χ3n) is 8.32. The molecule has 0 saturated carbocycles. The predicted octanol–water partition coefficient (Wildman–Crippen LogP) is 6.52. The molecule has 2 heterocycles. The highest BCUT2D eigenvalue weighted by Gasteiger charge is 2.31. The topological polar surface area (TPSA) is 144 Å². The van der Waals surface area contributed by atoms with Crippen molar-refractivity contribution in [2.24, 2.45) is 0 Å². The lowest BCUT2D eigenvalue weighted by Crippen LogP contribution is -2.31. The van der Waals surface area contributed by atoms with Crippen molar-refractivity contribution in [2.45, 2.75) is 58.7 Å². The third kappa shape index (κ3) is 7.58. The van der Waals surface area contributed by atoms with Crippen LogP contribution in [0.5, 0.6) is 0 Å². The summed E-state index contributed by atoms with van der Waals surface area (Å²) in [6.45, 7) is 7.07. The summed E-state index contributed by atoms with van der Waals surface area (Å²) in [6.07, 6.45) is 2.37. The quantitative estimate of drug-likeness (QED) is 0.155. The van der Waals surface area contributed by atoms with Crippen molar-refractivity contribution in [3.63, 3.8) is 0 Å². The molecule has 14 heteroatoms. The number of nitrogens with zero attached hydrogens (tertiary/aromatic N) is 3. The third-order valence-corrected chi connectivity index (χ3v) is 8.55. The zero-order valence-corrected chi connectivity index (χ0v) is 28.8. The molecule has 0 radical (unpaired) electrons. The number of rotatable bonds is 8. The van der Waals surface area contributed by atoms with Gasteiger partial charge in [-0.2, -0.15) is 5.10 Å². The smallest absolute Gasteiger partial charge is 0.338 e. The highest BCUT2D eigenvalue weighted by Crippen LogP contribution is 2.35. The van der Waals surface area contributed by atoms with Crippen LogP contribution in [0.1, 0.15) is 97.2 Å². The second kappa shape index (κ2) is 13.9. The standard InChI is InChI=1S/C37H33ClF2N6O5/c1-19-23-11-13-29(25(23)10-9-24(19)36(50)51-37(2,3)4)45-35(49)31-16-30(34(48)41-17-20-8-12-27(39)28(40)14-20)44-32-26(18-42-46(31)32)33(47)43-22-7-5-6-21(38)15-22/h5-10,12,14-16,18,29H,11,13,17H2,1-4H3,(H,41,48)(H,43,47)(H,45,49)/t29-/m0/s1. The number of carbonyl (C=O) groups is 4. The van der Waals surface area contributed by atoms with Crippen LogP contribution >= 0.6 is 11.6 Å². The van der Waals surface area contributed by atoms with E-state index < -0.39 is 47.0 Å². The average molecular weight is 715 g/mol. The van der Waals surface area contributed by atoms with Crippen molar-refractivity contribution in [2.75, 3.05) is 5.32 Å². The van der Waals surface area contributed by atoms with E-state index in [9.17, 15) is 28.0 Å². The molecular formula is C37H33ClF2N6O5. The summed E-state index contributed by atoms with van der Waals surface area (Å²) >= 11 is 6.08. The highest BCUT2D eigenvalue weighted by molar-refractivity contribution is 6.31. The van der Waals surface area contributed by atoms with E-state index in [4.69, 9.17) is 16.3 Å². The van der Waals surface area contributed by atoms with Gasteiger partial charge in [0.05, 0.1) is 17.8 Å². The Bertz CT molecular complexity index is 2230. The number of esters is 1. The van der Waals surface area contributed by atoms with Gasteiger partial charge in [0.1, 0.15) is 22.6 Å². The molecule has 0 spiro atoms. The van der Waals surface area contributed by atoms with Crippen molar-refractivity contribution < 1.29 is 32.7 Å². The van der Waals surface area contributed by atoms with Crippen molar-refractivity contribution in [3.05, 3.63) is 128 Å². The summed E-state index contributed by atoms with van der Waals surface area (Å²) in [4.78, 5) is 58.0. The van der Waals surface area contributed by atoms with E-state index in [1.54, 1.807) is 57.2 Å². The summed E-state index contributed by atoms with van der Waals surface area (Å²) in [5, 5.41) is 13.0. The molecule has 0 unspecified atom stereocenters. The van der Waals surface area contributed by atoms with Gasteiger partial charge in [-0.3, -0.25) is 14.4 Å². The fourth-order valence-electron chi connectivity index (χ4n) is 5.90. The molecule has 5 aromatic rings.